The van der Waals surface area contributed by atoms with E-state index >= 15 is 0 Å². The molecule has 0 saturated carbocycles. The molecule has 1 rings (SSSR count). The van der Waals surface area contributed by atoms with Gasteiger partial charge in [0, 0.05) is 0 Å². The van der Waals surface area contributed by atoms with Crippen molar-refractivity contribution < 1.29 is 24.8 Å². The third kappa shape index (κ3) is 2.49. The Labute approximate surface area is 76.2 Å². The molecule has 1 fully saturated rings. The average molecular weight is 190 g/mol. The van der Waals surface area contributed by atoms with Crippen LogP contribution in [0, 0.1) is 0 Å². The first kappa shape index (κ1) is 10.6. The average Bonchev–Trinajstić information content (AvgIpc) is 2.13. The van der Waals surface area contributed by atoms with Gasteiger partial charge in [0.05, 0.1) is 13.2 Å². The Kier molecular flexibility index (Phi) is 3.83. The molecule has 0 aromatic heterocycles. The van der Waals surface area contributed by atoms with E-state index in [1.165, 1.54) is 6.08 Å². The Bertz CT molecular complexity index is 172. The summed E-state index contributed by atoms with van der Waals surface area (Å²) in [6.45, 7) is 3.62. The zero-order valence-electron chi connectivity index (χ0n) is 7.17. The Morgan fingerprint density at radius 3 is 2.69 bits per heavy atom. The van der Waals surface area contributed by atoms with E-state index in [1.807, 2.05) is 0 Å². The first-order valence-electron chi connectivity index (χ1n) is 4.05. The number of ether oxygens (including phenoxy) is 2. The normalized spacial score (nSPS) is 40.2. The number of hydrogen-bond acceptors (Lipinski definition) is 5. The van der Waals surface area contributed by atoms with Gasteiger partial charge < -0.3 is 24.8 Å². The van der Waals surface area contributed by atoms with Crippen LogP contribution in [-0.2, 0) is 9.47 Å². The highest BCUT2D eigenvalue weighted by atomic mass is 16.7. The molecule has 1 heterocycles. The summed E-state index contributed by atoms with van der Waals surface area (Å²) < 4.78 is 9.95. The quantitative estimate of drug-likeness (QED) is 0.478. The van der Waals surface area contributed by atoms with Gasteiger partial charge in [0.25, 0.3) is 0 Å². The minimum absolute atomic E-state index is 0.0416. The van der Waals surface area contributed by atoms with Crippen LogP contribution in [0.2, 0.25) is 0 Å². The summed E-state index contributed by atoms with van der Waals surface area (Å²) >= 11 is 0. The molecular weight excluding hydrogens is 176 g/mol. The van der Waals surface area contributed by atoms with Crippen molar-refractivity contribution in [1.82, 2.24) is 0 Å². The van der Waals surface area contributed by atoms with Crippen LogP contribution in [0.3, 0.4) is 0 Å². The molecule has 4 atom stereocenters. The van der Waals surface area contributed by atoms with Gasteiger partial charge in [-0.05, 0) is 0 Å². The molecule has 0 aliphatic carbocycles. The van der Waals surface area contributed by atoms with Crippen molar-refractivity contribution >= 4 is 0 Å². The van der Waals surface area contributed by atoms with Gasteiger partial charge in [-0.3, -0.25) is 0 Å². The van der Waals surface area contributed by atoms with Gasteiger partial charge in [-0.2, -0.15) is 0 Å². The van der Waals surface area contributed by atoms with Gasteiger partial charge in [-0.25, -0.2) is 0 Å². The lowest BCUT2D eigenvalue weighted by molar-refractivity contribution is -0.266. The van der Waals surface area contributed by atoms with Crippen LogP contribution < -0.4 is 0 Å². The van der Waals surface area contributed by atoms with E-state index < -0.39 is 24.6 Å². The summed E-state index contributed by atoms with van der Waals surface area (Å²) in [7, 11) is 0. The third-order valence-corrected chi connectivity index (χ3v) is 1.83. The topological polar surface area (TPSA) is 79.2 Å². The van der Waals surface area contributed by atoms with Crippen molar-refractivity contribution in [3.63, 3.8) is 0 Å². The van der Waals surface area contributed by atoms with Gasteiger partial charge >= 0.3 is 0 Å². The second-order valence-electron chi connectivity index (χ2n) is 2.87. The highest BCUT2D eigenvalue weighted by Gasteiger charge is 2.37. The molecule has 1 saturated heterocycles. The Balaban J connectivity index is 2.43. The highest BCUT2D eigenvalue weighted by Crippen LogP contribution is 2.16. The summed E-state index contributed by atoms with van der Waals surface area (Å²) in [5, 5.41) is 27.7. The summed E-state index contributed by atoms with van der Waals surface area (Å²) in [6, 6.07) is 0. The van der Waals surface area contributed by atoms with E-state index in [0.717, 1.165) is 0 Å². The lowest BCUT2D eigenvalue weighted by Gasteiger charge is -2.34. The summed E-state index contributed by atoms with van der Waals surface area (Å²) in [5.41, 5.74) is 0. The third-order valence-electron chi connectivity index (χ3n) is 1.83. The minimum atomic E-state index is -1.22. The molecule has 76 valence electrons. The summed E-state index contributed by atoms with van der Waals surface area (Å²) in [6.07, 6.45) is -2.88. The van der Waals surface area contributed by atoms with Crippen molar-refractivity contribution in [3.05, 3.63) is 12.7 Å². The summed E-state index contributed by atoms with van der Waals surface area (Å²) in [4.78, 5) is 0. The van der Waals surface area contributed by atoms with E-state index in [-0.39, 0.29) is 13.2 Å². The van der Waals surface area contributed by atoms with Crippen LogP contribution in [0.15, 0.2) is 12.7 Å². The molecule has 5 nitrogen and oxygen atoms in total. The van der Waals surface area contributed by atoms with Crippen LogP contribution in [0.4, 0.5) is 0 Å². The molecule has 0 radical (unpaired) electrons. The monoisotopic (exact) mass is 190 g/mol. The molecule has 0 spiro atoms. The predicted octanol–water partition coefficient (Wildman–Crippen LogP) is -1.37. The lowest BCUT2D eigenvalue weighted by Crippen LogP contribution is -2.53. The number of aliphatic hydroxyl groups excluding tert-OH is 3. The maximum Gasteiger partial charge on any atom is 0.186 e. The van der Waals surface area contributed by atoms with E-state index in [0.29, 0.717) is 0 Å². The fourth-order valence-corrected chi connectivity index (χ4v) is 1.09. The zero-order chi connectivity index (χ0) is 9.84. The molecule has 0 amide bonds. The van der Waals surface area contributed by atoms with E-state index in [4.69, 9.17) is 14.6 Å². The van der Waals surface area contributed by atoms with Gasteiger partial charge in [-0.1, -0.05) is 6.08 Å². The Morgan fingerprint density at radius 1 is 1.38 bits per heavy atom. The smallest absolute Gasteiger partial charge is 0.186 e. The number of rotatable bonds is 3. The van der Waals surface area contributed by atoms with Crippen LogP contribution in [0.25, 0.3) is 0 Å². The SMILES string of the molecule is C=CCOC1OC[C@@H](O)C(O)C1O. The van der Waals surface area contributed by atoms with Crippen LogP contribution in [0.5, 0.6) is 0 Å². The van der Waals surface area contributed by atoms with Gasteiger partial charge in [0.2, 0.25) is 0 Å². The molecule has 5 heteroatoms. The van der Waals surface area contributed by atoms with Crippen molar-refractivity contribution in [3.8, 4) is 0 Å². The molecule has 0 aromatic carbocycles. The van der Waals surface area contributed by atoms with Crippen molar-refractivity contribution in [2.75, 3.05) is 13.2 Å². The highest BCUT2D eigenvalue weighted by molar-refractivity contribution is 4.83. The molecule has 3 N–H and O–H groups in total. The van der Waals surface area contributed by atoms with Gasteiger partial charge in [0.15, 0.2) is 6.29 Å². The maximum absolute atomic E-state index is 9.34. The predicted molar refractivity (Wildman–Crippen MR) is 43.9 cm³/mol. The van der Waals surface area contributed by atoms with Crippen molar-refractivity contribution in [2.45, 2.75) is 24.6 Å². The maximum atomic E-state index is 9.34. The second-order valence-corrected chi connectivity index (χ2v) is 2.87. The van der Waals surface area contributed by atoms with E-state index in [2.05, 4.69) is 6.58 Å². The standard InChI is InChI=1S/C8H14O5/c1-2-3-12-8-7(11)6(10)5(9)4-13-8/h2,5-11H,1,3-4H2/t5-,6?,7?,8?/m1/s1. The van der Waals surface area contributed by atoms with Crippen LogP contribution in [-0.4, -0.2) is 53.1 Å². The molecule has 1 aliphatic rings. The largest absolute Gasteiger partial charge is 0.388 e. The fourth-order valence-electron chi connectivity index (χ4n) is 1.09. The molecule has 0 aromatic rings. The Morgan fingerprint density at radius 2 is 2.08 bits per heavy atom. The molecule has 3 unspecified atom stereocenters. The molecular formula is C8H14O5. The minimum Gasteiger partial charge on any atom is -0.388 e. The van der Waals surface area contributed by atoms with E-state index in [9.17, 15) is 10.2 Å². The number of aliphatic hydroxyl groups is 3. The first-order valence-corrected chi connectivity index (χ1v) is 4.05. The lowest BCUT2D eigenvalue weighted by atomic mass is 10.1. The second kappa shape index (κ2) is 4.69. The summed E-state index contributed by atoms with van der Waals surface area (Å²) in [5.74, 6) is 0. The number of hydrogen-bond donors (Lipinski definition) is 3. The van der Waals surface area contributed by atoms with E-state index in [1.54, 1.807) is 0 Å². The van der Waals surface area contributed by atoms with Gasteiger partial charge in [0.1, 0.15) is 18.3 Å². The molecule has 13 heavy (non-hydrogen) atoms. The van der Waals surface area contributed by atoms with Crippen molar-refractivity contribution in [2.24, 2.45) is 0 Å². The zero-order valence-corrected chi connectivity index (χ0v) is 7.17. The Hall–Kier alpha value is -0.460. The van der Waals surface area contributed by atoms with Crippen molar-refractivity contribution in [1.29, 1.82) is 0 Å². The van der Waals surface area contributed by atoms with Crippen LogP contribution >= 0.6 is 0 Å². The molecule has 0 bridgehead atoms. The first-order chi connectivity index (χ1) is 6.16. The fraction of sp³-hybridized carbons (Fsp3) is 0.750. The van der Waals surface area contributed by atoms with Gasteiger partial charge in [-0.15, -0.1) is 6.58 Å². The molecule has 1 aliphatic heterocycles. The van der Waals surface area contributed by atoms with Crippen LogP contribution in [0.1, 0.15) is 0 Å².